The van der Waals surface area contributed by atoms with Gasteiger partial charge in [-0.25, -0.2) is 23.7 Å². The summed E-state index contributed by atoms with van der Waals surface area (Å²) in [6.45, 7) is 0.387. The molecule has 3 aromatic rings. The largest absolute Gasteiger partial charge is 0.368 e. The SMILES string of the molecule is NC(CNc1ccccn1)c1nccc(-c2ccc(F)c(F)c2)n1. The van der Waals surface area contributed by atoms with Gasteiger partial charge >= 0.3 is 0 Å². The van der Waals surface area contributed by atoms with Crippen LogP contribution in [-0.2, 0) is 0 Å². The summed E-state index contributed by atoms with van der Waals surface area (Å²) in [5.41, 5.74) is 7.03. The summed E-state index contributed by atoms with van der Waals surface area (Å²) in [7, 11) is 0. The van der Waals surface area contributed by atoms with E-state index in [1.807, 2.05) is 18.2 Å². The lowest BCUT2D eigenvalue weighted by atomic mass is 10.1. The molecule has 0 radical (unpaired) electrons. The minimum absolute atomic E-state index is 0.387. The molecule has 3 rings (SSSR count). The minimum atomic E-state index is -0.922. The highest BCUT2D eigenvalue weighted by Crippen LogP contribution is 2.20. The van der Waals surface area contributed by atoms with E-state index < -0.39 is 17.7 Å². The van der Waals surface area contributed by atoms with Gasteiger partial charge in [-0.15, -0.1) is 0 Å². The van der Waals surface area contributed by atoms with Gasteiger partial charge in [0.25, 0.3) is 0 Å². The van der Waals surface area contributed by atoms with E-state index in [0.29, 0.717) is 29.4 Å². The van der Waals surface area contributed by atoms with Crippen LogP contribution in [0.15, 0.2) is 54.9 Å². The Bertz CT molecular complexity index is 826. The molecule has 0 fully saturated rings. The van der Waals surface area contributed by atoms with Gasteiger partial charge in [-0.05, 0) is 36.4 Å². The van der Waals surface area contributed by atoms with Gasteiger partial charge in [-0.3, -0.25) is 0 Å². The van der Waals surface area contributed by atoms with Crippen LogP contribution in [0.2, 0.25) is 0 Å². The lowest BCUT2D eigenvalue weighted by molar-refractivity contribution is 0.509. The molecular formula is C17H15F2N5. The molecule has 2 heterocycles. The molecule has 122 valence electrons. The molecule has 3 N–H and O–H groups in total. The molecule has 0 aliphatic rings. The van der Waals surface area contributed by atoms with E-state index in [1.165, 1.54) is 6.07 Å². The van der Waals surface area contributed by atoms with Crippen LogP contribution in [0.1, 0.15) is 11.9 Å². The first-order valence-electron chi connectivity index (χ1n) is 7.32. The van der Waals surface area contributed by atoms with E-state index in [0.717, 1.165) is 12.1 Å². The monoisotopic (exact) mass is 327 g/mol. The maximum absolute atomic E-state index is 13.4. The molecule has 0 bridgehead atoms. The fourth-order valence-electron chi connectivity index (χ4n) is 2.14. The first-order valence-corrected chi connectivity index (χ1v) is 7.32. The van der Waals surface area contributed by atoms with Crippen molar-refractivity contribution in [2.45, 2.75) is 6.04 Å². The van der Waals surface area contributed by atoms with Gasteiger partial charge in [-0.2, -0.15) is 0 Å². The van der Waals surface area contributed by atoms with Gasteiger partial charge in [0, 0.05) is 24.5 Å². The fourth-order valence-corrected chi connectivity index (χ4v) is 2.14. The van der Waals surface area contributed by atoms with Crippen molar-refractivity contribution in [3.05, 3.63) is 72.3 Å². The summed E-state index contributed by atoms with van der Waals surface area (Å²) >= 11 is 0. The third-order valence-electron chi connectivity index (χ3n) is 3.39. The Morgan fingerprint density at radius 3 is 2.62 bits per heavy atom. The Kier molecular flexibility index (Phi) is 4.72. The summed E-state index contributed by atoms with van der Waals surface area (Å²) in [6, 6.07) is 10.3. The van der Waals surface area contributed by atoms with Crippen LogP contribution in [0.4, 0.5) is 14.6 Å². The molecule has 0 aliphatic heterocycles. The Hall–Kier alpha value is -2.93. The van der Waals surface area contributed by atoms with Crippen molar-refractivity contribution < 1.29 is 8.78 Å². The van der Waals surface area contributed by atoms with Gasteiger partial charge < -0.3 is 11.1 Å². The molecule has 5 nitrogen and oxygen atoms in total. The van der Waals surface area contributed by atoms with Gasteiger partial charge in [0.1, 0.15) is 11.6 Å². The van der Waals surface area contributed by atoms with Crippen LogP contribution < -0.4 is 11.1 Å². The molecule has 0 aliphatic carbocycles. The van der Waals surface area contributed by atoms with Crippen molar-refractivity contribution in [2.24, 2.45) is 5.73 Å². The predicted molar refractivity (Wildman–Crippen MR) is 87.0 cm³/mol. The smallest absolute Gasteiger partial charge is 0.159 e. The summed E-state index contributed by atoms with van der Waals surface area (Å²) in [6.07, 6.45) is 3.22. The van der Waals surface area contributed by atoms with Crippen LogP contribution in [0.5, 0.6) is 0 Å². The van der Waals surface area contributed by atoms with Crippen LogP contribution in [-0.4, -0.2) is 21.5 Å². The number of pyridine rings is 1. The second-order valence-corrected chi connectivity index (χ2v) is 5.13. The Morgan fingerprint density at radius 1 is 1.00 bits per heavy atom. The number of nitrogens with two attached hydrogens (primary N) is 1. The number of hydrogen-bond donors (Lipinski definition) is 2. The predicted octanol–water partition coefficient (Wildman–Crippen LogP) is 2.93. The van der Waals surface area contributed by atoms with Crippen LogP contribution >= 0.6 is 0 Å². The first kappa shape index (κ1) is 15.9. The highest BCUT2D eigenvalue weighted by atomic mass is 19.2. The Morgan fingerprint density at radius 2 is 1.88 bits per heavy atom. The average Bonchev–Trinajstić information content (AvgIpc) is 2.63. The van der Waals surface area contributed by atoms with E-state index >= 15 is 0 Å². The maximum Gasteiger partial charge on any atom is 0.159 e. The van der Waals surface area contributed by atoms with Crippen LogP contribution in [0.3, 0.4) is 0 Å². The van der Waals surface area contributed by atoms with Crippen molar-refractivity contribution in [3.8, 4) is 11.3 Å². The quantitative estimate of drug-likeness (QED) is 0.753. The number of halogens is 2. The molecule has 7 heteroatoms. The highest BCUT2D eigenvalue weighted by molar-refractivity contribution is 5.58. The number of benzene rings is 1. The Labute approximate surface area is 137 Å². The molecule has 2 aromatic heterocycles. The average molecular weight is 327 g/mol. The Balaban J connectivity index is 1.75. The molecule has 0 saturated carbocycles. The number of nitrogens with zero attached hydrogens (tertiary/aromatic N) is 3. The zero-order valence-corrected chi connectivity index (χ0v) is 12.7. The standard InChI is InChI=1S/C17H15F2N5/c18-12-5-4-11(9-13(12)19)15-6-8-22-17(24-15)14(20)10-23-16-3-1-2-7-21-16/h1-9,14H,10,20H2,(H,21,23). The van der Waals surface area contributed by atoms with E-state index in [9.17, 15) is 8.78 Å². The van der Waals surface area contributed by atoms with E-state index in [1.54, 1.807) is 18.5 Å². The molecule has 1 atom stereocenters. The molecule has 0 saturated heterocycles. The topological polar surface area (TPSA) is 76.7 Å². The molecule has 0 amide bonds. The molecule has 24 heavy (non-hydrogen) atoms. The van der Waals surface area contributed by atoms with Crippen molar-refractivity contribution >= 4 is 5.82 Å². The number of hydrogen-bond acceptors (Lipinski definition) is 5. The maximum atomic E-state index is 13.4. The highest BCUT2D eigenvalue weighted by Gasteiger charge is 2.12. The number of aromatic nitrogens is 3. The summed E-state index contributed by atoms with van der Waals surface area (Å²) < 4.78 is 26.4. The lowest BCUT2D eigenvalue weighted by Crippen LogP contribution is -2.23. The second kappa shape index (κ2) is 7.10. The number of rotatable bonds is 5. The van der Waals surface area contributed by atoms with E-state index in [2.05, 4.69) is 20.3 Å². The van der Waals surface area contributed by atoms with Gasteiger partial charge in [-0.1, -0.05) is 6.07 Å². The third kappa shape index (κ3) is 3.69. The zero-order valence-electron chi connectivity index (χ0n) is 12.7. The number of anilines is 1. The van der Waals surface area contributed by atoms with E-state index in [4.69, 9.17) is 5.73 Å². The summed E-state index contributed by atoms with van der Waals surface area (Å²) in [4.78, 5) is 12.6. The molecule has 1 unspecified atom stereocenters. The van der Waals surface area contributed by atoms with E-state index in [-0.39, 0.29) is 0 Å². The molecular weight excluding hydrogens is 312 g/mol. The van der Waals surface area contributed by atoms with Gasteiger partial charge in [0.05, 0.1) is 11.7 Å². The zero-order chi connectivity index (χ0) is 16.9. The van der Waals surface area contributed by atoms with Gasteiger partial charge in [0.2, 0.25) is 0 Å². The molecule has 0 spiro atoms. The fraction of sp³-hybridized carbons (Fsp3) is 0.118. The minimum Gasteiger partial charge on any atom is -0.368 e. The first-order chi connectivity index (χ1) is 11.6. The normalized spacial score (nSPS) is 12.0. The lowest BCUT2D eigenvalue weighted by Gasteiger charge is -2.13. The second-order valence-electron chi connectivity index (χ2n) is 5.13. The van der Waals surface area contributed by atoms with Crippen LogP contribution in [0.25, 0.3) is 11.3 Å². The van der Waals surface area contributed by atoms with Crippen molar-refractivity contribution in [2.75, 3.05) is 11.9 Å². The molecule has 1 aromatic carbocycles. The summed E-state index contributed by atoms with van der Waals surface area (Å²) in [5.74, 6) is -0.719. The third-order valence-corrected chi connectivity index (χ3v) is 3.39. The van der Waals surface area contributed by atoms with Crippen molar-refractivity contribution in [1.82, 2.24) is 15.0 Å². The summed E-state index contributed by atoms with van der Waals surface area (Å²) in [5, 5.41) is 3.09. The van der Waals surface area contributed by atoms with Gasteiger partial charge in [0.15, 0.2) is 11.6 Å². The van der Waals surface area contributed by atoms with Crippen molar-refractivity contribution in [1.29, 1.82) is 0 Å². The van der Waals surface area contributed by atoms with Crippen LogP contribution in [0, 0.1) is 11.6 Å². The number of nitrogens with one attached hydrogen (secondary N) is 1. The van der Waals surface area contributed by atoms with Crippen molar-refractivity contribution in [3.63, 3.8) is 0 Å².